The second-order valence-corrected chi connectivity index (χ2v) is 6.50. The number of esters is 1. The maximum atomic E-state index is 11.7. The zero-order valence-corrected chi connectivity index (χ0v) is 14.3. The first-order chi connectivity index (χ1) is 11.1. The van der Waals surface area contributed by atoms with Crippen molar-refractivity contribution in [1.82, 2.24) is 9.78 Å². The number of benzene rings is 1. The Labute approximate surface area is 140 Å². The van der Waals surface area contributed by atoms with Gasteiger partial charge >= 0.3 is 5.97 Å². The molecular formula is C17H19N3O2S. The van der Waals surface area contributed by atoms with Crippen molar-refractivity contribution in [3.63, 3.8) is 0 Å². The van der Waals surface area contributed by atoms with Gasteiger partial charge in [-0.05, 0) is 31.5 Å². The fraction of sp³-hybridized carbons (Fsp3) is 0.353. The van der Waals surface area contributed by atoms with Crippen LogP contribution in [0.25, 0.3) is 5.69 Å². The third-order valence-corrected chi connectivity index (χ3v) is 4.69. The molecule has 6 heteroatoms. The maximum Gasteiger partial charge on any atom is 0.341 e. The lowest BCUT2D eigenvalue weighted by Crippen LogP contribution is -2.03. The monoisotopic (exact) mass is 329 g/mol. The van der Waals surface area contributed by atoms with Crippen LogP contribution in [0, 0.1) is 11.3 Å². The summed E-state index contributed by atoms with van der Waals surface area (Å²) in [6.45, 7) is 6.34. The molecule has 1 unspecified atom stereocenters. The van der Waals surface area contributed by atoms with E-state index in [0.29, 0.717) is 23.0 Å². The van der Waals surface area contributed by atoms with Gasteiger partial charge in [0.2, 0.25) is 0 Å². The lowest BCUT2D eigenvalue weighted by atomic mass is 10.2. The SMILES string of the molecule is CCOC(=O)c1cnn(-c2ccc(SC(C)CC)c(C#N)c2)c1. The molecule has 120 valence electrons. The maximum absolute atomic E-state index is 11.7. The van der Waals surface area contributed by atoms with Crippen LogP contribution in [0.5, 0.6) is 0 Å². The summed E-state index contributed by atoms with van der Waals surface area (Å²) in [6, 6.07) is 7.84. The van der Waals surface area contributed by atoms with Gasteiger partial charge in [0.05, 0.1) is 29.6 Å². The fourth-order valence-corrected chi connectivity index (χ4v) is 2.91. The van der Waals surface area contributed by atoms with Crippen LogP contribution in [0.1, 0.15) is 43.1 Å². The van der Waals surface area contributed by atoms with E-state index in [4.69, 9.17) is 4.74 Å². The largest absolute Gasteiger partial charge is 0.462 e. The molecule has 0 aliphatic rings. The first-order valence-corrected chi connectivity index (χ1v) is 8.40. The normalized spacial score (nSPS) is 11.7. The molecule has 0 aliphatic heterocycles. The number of nitriles is 1. The van der Waals surface area contributed by atoms with E-state index in [1.54, 1.807) is 35.6 Å². The fourth-order valence-electron chi connectivity index (χ4n) is 1.93. The van der Waals surface area contributed by atoms with Crippen LogP contribution in [0.2, 0.25) is 0 Å². The Morgan fingerprint density at radius 3 is 2.91 bits per heavy atom. The van der Waals surface area contributed by atoms with E-state index in [1.807, 2.05) is 12.1 Å². The molecule has 0 aliphatic carbocycles. The summed E-state index contributed by atoms with van der Waals surface area (Å²) in [5.41, 5.74) is 1.75. The standard InChI is InChI=1S/C17H19N3O2S/c1-4-12(3)23-16-7-6-15(8-13(16)9-18)20-11-14(10-19-20)17(21)22-5-2/h6-8,10-12H,4-5H2,1-3H3. The van der Waals surface area contributed by atoms with Crippen LogP contribution in [-0.2, 0) is 4.74 Å². The van der Waals surface area contributed by atoms with Crippen molar-refractivity contribution >= 4 is 17.7 Å². The number of rotatable bonds is 6. The van der Waals surface area contributed by atoms with Gasteiger partial charge < -0.3 is 4.74 Å². The van der Waals surface area contributed by atoms with Gasteiger partial charge in [-0.15, -0.1) is 11.8 Å². The smallest absolute Gasteiger partial charge is 0.341 e. The van der Waals surface area contributed by atoms with Gasteiger partial charge in [0.1, 0.15) is 6.07 Å². The number of hydrogen-bond donors (Lipinski definition) is 0. The Morgan fingerprint density at radius 1 is 1.48 bits per heavy atom. The summed E-state index contributed by atoms with van der Waals surface area (Å²) >= 11 is 1.69. The van der Waals surface area contributed by atoms with Crippen molar-refractivity contribution in [2.75, 3.05) is 6.61 Å². The Hall–Kier alpha value is -2.26. The summed E-state index contributed by atoms with van der Waals surface area (Å²) in [7, 11) is 0. The van der Waals surface area contributed by atoms with Crippen LogP contribution in [0.3, 0.4) is 0 Å². The third kappa shape index (κ3) is 4.14. The van der Waals surface area contributed by atoms with Gasteiger partial charge in [-0.3, -0.25) is 0 Å². The van der Waals surface area contributed by atoms with Crippen molar-refractivity contribution in [1.29, 1.82) is 5.26 Å². The van der Waals surface area contributed by atoms with Gasteiger partial charge in [-0.2, -0.15) is 10.4 Å². The van der Waals surface area contributed by atoms with E-state index >= 15 is 0 Å². The molecule has 0 radical (unpaired) electrons. The van der Waals surface area contributed by atoms with Crippen molar-refractivity contribution in [2.24, 2.45) is 0 Å². The summed E-state index contributed by atoms with van der Waals surface area (Å²) in [5, 5.41) is 14.0. The number of aromatic nitrogens is 2. The van der Waals surface area contributed by atoms with Crippen molar-refractivity contribution in [2.45, 2.75) is 37.3 Å². The average Bonchev–Trinajstić information content (AvgIpc) is 3.05. The summed E-state index contributed by atoms with van der Waals surface area (Å²) in [5.74, 6) is -0.400. The molecule has 2 aromatic rings. The second-order valence-electron chi connectivity index (χ2n) is 5.02. The number of hydrogen-bond acceptors (Lipinski definition) is 5. The van der Waals surface area contributed by atoms with Crippen LogP contribution < -0.4 is 0 Å². The average molecular weight is 329 g/mol. The predicted octanol–water partition coefficient (Wildman–Crippen LogP) is 3.81. The van der Waals surface area contributed by atoms with Gasteiger partial charge in [0.25, 0.3) is 0 Å². The quantitative estimate of drug-likeness (QED) is 0.595. The molecule has 0 amide bonds. The van der Waals surface area contributed by atoms with Crippen molar-refractivity contribution in [3.8, 4) is 11.8 Å². The van der Waals surface area contributed by atoms with E-state index in [1.165, 1.54) is 6.20 Å². The third-order valence-electron chi connectivity index (χ3n) is 3.34. The Balaban J connectivity index is 2.27. The minimum atomic E-state index is -0.400. The lowest BCUT2D eigenvalue weighted by Gasteiger charge is -2.11. The molecule has 1 atom stereocenters. The highest BCUT2D eigenvalue weighted by Gasteiger charge is 2.12. The molecular weight excluding hydrogens is 310 g/mol. The van der Waals surface area contributed by atoms with E-state index in [9.17, 15) is 10.1 Å². The molecule has 0 bridgehead atoms. The molecule has 23 heavy (non-hydrogen) atoms. The molecule has 0 saturated carbocycles. The van der Waals surface area contributed by atoms with Gasteiger partial charge in [0.15, 0.2) is 0 Å². The number of carbonyl (C=O) groups excluding carboxylic acids is 1. The zero-order chi connectivity index (χ0) is 16.8. The van der Waals surface area contributed by atoms with Gasteiger partial charge in [-0.25, -0.2) is 9.48 Å². The predicted molar refractivity (Wildman–Crippen MR) is 89.8 cm³/mol. The summed E-state index contributed by atoms with van der Waals surface area (Å²) < 4.78 is 6.52. The Kier molecular flexibility index (Phi) is 5.83. The van der Waals surface area contributed by atoms with Gasteiger partial charge in [-0.1, -0.05) is 13.8 Å². The second kappa shape index (κ2) is 7.84. The summed E-state index contributed by atoms with van der Waals surface area (Å²) in [4.78, 5) is 12.7. The van der Waals surface area contributed by atoms with Crippen LogP contribution in [0.15, 0.2) is 35.5 Å². The van der Waals surface area contributed by atoms with E-state index in [0.717, 1.165) is 17.0 Å². The van der Waals surface area contributed by atoms with Crippen LogP contribution in [-0.4, -0.2) is 27.6 Å². The minimum absolute atomic E-state index is 0.324. The number of nitrogens with zero attached hydrogens (tertiary/aromatic N) is 3. The Morgan fingerprint density at radius 2 is 2.26 bits per heavy atom. The number of ether oxygens (including phenoxy) is 1. The van der Waals surface area contributed by atoms with Crippen molar-refractivity contribution in [3.05, 3.63) is 41.7 Å². The van der Waals surface area contributed by atoms with E-state index < -0.39 is 5.97 Å². The van der Waals surface area contributed by atoms with Crippen LogP contribution in [0.4, 0.5) is 0 Å². The molecule has 1 aromatic heterocycles. The molecule has 0 spiro atoms. The molecule has 5 nitrogen and oxygen atoms in total. The highest BCUT2D eigenvalue weighted by molar-refractivity contribution is 8.00. The molecule has 1 heterocycles. The number of carbonyl (C=O) groups is 1. The van der Waals surface area contributed by atoms with Crippen molar-refractivity contribution < 1.29 is 9.53 Å². The first kappa shape index (κ1) is 17.1. The summed E-state index contributed by atoms with van der Waals surface area (Å²) in [6.07, 6.45) is 4.11. The van der Waals surface area contributed by atoms with Crippen LogP contribution >= 0.6 is 11.8 Å². The lowest BCUT2D eigenvalue weighted by molar-refractivity contribution is 0.0526. The Bertz CT molecular complexity index is 734. The zero-order valence-electron chi connectivity index (χ0n) is 13.4. The van der Waals surface area contributed by atoms with E-state index in [2.05, 4.69) is 25.0 Å². The van der Waals surface area contributed by atoms with Gasteiger partial charge in [0, 0.05) is 16.3 Å². The minimum Gasteiger partial charge on any atom is -0.462 e. The van der Waals surface area contributed by atoms with E-state index in [-0.39, 0.29) is 0 Å². The highest BCUT2D eigenvalue weighted by Crippen LogP contribution is 2.29. The molecule has 0 N–H and O–H groups in total. The topological polar surface area (TPSA) is 67.9 Å². The highest BCUT2D eigenvalue weighted by atomic mass is 32.2. The number of thioether (sulfide) groups is 1. The molecule has 0 saturated heterocycles. The molecule has 0 fully saturated rings. The molecule has 1 aromatic carbocycles. The molecule has 2 rings (SSSR count). The first-order valence-electron chi connectivity index (χ1n) is 7.52.